The molecule has 0 spiro atoms. The van der Waals surface area contributed by atoms with Crippen LogP contribution in [0.15, 0.2) is 6.07 Å². The van der Waals surface area contributed by atoms with E-state index in [2.05, 4.69) is 10.2 Å². The number of nitrogens with one attached hydrogen (secondary N) is 1. The second-order valence-corrected chi connectivity index (χ2v) is 7.36. The maximum atomic E-state index is 12.6. The summed E-state index contributed by atoms with van der Waals surface area (Å²) >= 11 is 0. The van der Waals surface area contributed by atoms with E-state index in [1.165, 1.54) is 0 Å². The van der Waals surface area contributed by atoms with Gasteiger partial charge in [0.25, 0.3) is 12.3 Å². The maximum Gasteiger partial charge on any atom is 0.410 e. The van der Waals surface area contributed by atoms with Crippen LogP contribution in [0.4, 0.5) is 13.6 Å². The van der Waals surface area contributed by atoms with E-state index < -0.39 is 24.5 Å². The summed E-state index contributed by atoms with van der Waals surface area (Å²) in [5.74, 6) is -0.529. The molecule has 7 nitrogen and oxygen atoms in total. The Kier molecular flexibility index (Phi) is 6.20. The lowest BCUT2D eigenvalue weighted by molar-refractivity contribution is 0.0292. The van der Waals surface area contributed by atoms with E-state index in [0.29, 0.717) is 25.2 Å². The minimum Gasteiger partial charge on any atom is -0.444 e. The Bertz CT molecular complexity index is 642. The Morgan fingerprint density at radius 3 is 2.73 bits per heavy atom. The number of halogens is 2. The Morgan fingerprint density at radius 1 is 1.46 bits per heavy atom. The standard InChI is InChI=1S/C17H26F2N4O3/c1-5-22(10-14(18)19)15(24)13-8-12(20-21-13)11-6-7-23(9-11)16(25)26-17(2,3)4/h8,11,14H,5-7,9-10H2,1-4H3,(H,20,21). The van der Waals surface area contributed by atoms with Crippen molar-refractivity contribution in [1.29, 1.82) is 0 Å². The van der Waals surface area contributed by atoms with Crippen molar-refractivity contribution in [3.63, 3.8) is 0 Å². The number of carbonyl (C=O) groups is 2. The van der Waals surface area contributed by atoms with E-state index in [4.69, 9.17) is 4.74 Å². The van der Waals surface area contributed by atoms with Gasteiger partial charge < -0.3 is 14.5 Å². The molecule has 1 atom stereocenters. The van der Waals surface area contributed by atoms with Crippen molar-refractivity contribution in [2.45, 2.75) is 52.1 Å². The molecule has 146 valence electrons. The Hall–Kier alpha value is -2.19. The van der Waals surface area contributed by atoms with Crippen LogP contribution in [0.5, 0.6) is 0 Å². The van der Waals surface area contributed by atoms with Gasteiger partial charge in [0, 0.05) is 31.2 Å². The summed E-state index contributed by atoms with van der Waals surface area (Å²) in [6, 6.07) is 1.58. The highest BCUT2D eigenvalue weighted by atomic mass is 19.3. The molecule has 1 unspecified atom stereocenters. The van der Waals surface area contributed by atoms with Crippen molar-refractivity contribution in [3.05, 3.63) is 17.5 Å². The molecule has 1 fully saturated rings. The van der Waals surface area contributed by atoms with Crippen LogP contribution in [0.25, 0.3) is 0 Å². The van der Waals surface area contributed by atoms with Gasteiger partial charge in [-0.2, -0.15) is 5.10 Å². The number of hydrogen-bond donors (Lipinski definition) is 1. The molecule has 0 bridgehead atoms. The van der Waals surface area contributed by atoms with Crippen LogP contribution in [0.2, 0.25) is 0 Å². The molecule has 1 aromatic heterocycles. The summed E-state index contributed by atoms with van der Waals surface area (Å²) in [6.45, 7) is 7.64. The lowest BCUT2D eigenvalue weighted by atomic mass is 10.0. The minimum atomic E-state index is -2.59. The second kappa shape index (κ2) is 8.01. The van der Waals surface area contributed by atoms with Gasteiger partial charge in [-0.1, -0.05) is 0 Å². The molecule has 0 radical (unpaired) electrons. The van der Waals surface area contributed by atoms with Gasteiger partial charge in [-0.05, 0) is 40.2 Å². The smallest absolute Gasteiger partial charge is 0.410 e. The lowest BCUT2D eigenvalue weighted by Crippen LogP contribution is -2.35. The number of rotatable bonds is 5. The molecular weight excluding hydrogens is 346 g/mol. The van der Waals surface area contributed by atoms with E-state index in [-0.39, 0.29) is 24.2 Å². The summed E-state index contributed by atoms with van der Waals surface area (Å²) in [5.41, 5.74) is 0.266. The number of hydrogen-bond acceptors (Lipinski definition) is 4. The molecule has 1 aliphatic rings. The van der Waals surface area contributed by atoms with Gasteiger partial charge in [0.2, 0.25) is 0 Å². The fraction of sp³-hybridized carbons (Fsp3) is 0.706. The van der Waals surface area contributed by atoms with E-state index in [9.17, 15) is 18.4 Å². The first-order valence-corrected chi connectivity index (χ1v) is 8.71. The monoisotopic (exact) mass is 372 g/mol. The summed E-state index contributed by atoms with van der Waals surface area (Å²) in [6.07, 6.45) is -2.25. The minimum absolute atomic E-state index is 0.00161. The molecule has 2 heterocycles. The SMILES string of the molecule is CCN(CC(F)F)C(=O)c1cc(C2CCN(C(=O)OC(C)(C)C)C2)[nH]n1. The third-order valence-corrected chi connectivity index (χ3v) is 4.12. The molecule has 9 heteroatoms. The summed E-state index contributed by atoms with van der Waals surface area (Å²) < 4.78 is 30.5. The van der Waals surface area contributed by atoms with Gasteiger partial charge in [-0.25, -0.2) is 13.6 Å². The summed E-state index contributed by atoms with van der Waals surface area (Å²) in [5, 5.41) is 6.78. The molecule has 2 amide bonds. The van der Waals surface area contributed by atoms with E-state index in [0.717, 1.165) is 4.90 Å². The number of aromatic nitrogens is 2. The van der Waals surface area contributed by atoms with Crippen LogP contribution in [0.1, 0.15) is 56.2 Å². The highest BCUT2D eigenvalue weighted by Crippen LogP contribution is 2.27. The third kappa shape index (κ3) is 5.15. The lowest BCUT2D eigenvalue weighted by Gasteiger charge is -2.24. The number of carbonyl (C=O) groups excluding carboxylic acids is 2. The number of H-pyrrole nitrogens is 1. The molecule has 1 aliphatic heterocycles. The third-order valence-electron chi connectivity index (χ3n) is 4.12. The van der Waals surface area contributed by atoms with E-state index >= 15 is 0 Å². The van der Waals surface area contributed by atoms with Crippen LogP contribution in [-0.2, 0) is 4.74 Å². The molecule has 2 rings (SSSR count). The molecule has 1 aromatic rings. The largest absolute Gasteiger partial charge is 0.444 e. The molecule has 1 N–H and O–H groups in total. The predicted octanol–water partition coefficient (Wildman–Crippen LogP) is 2.86. The van der Waals surface area contributed by atoms with Crippen LogP contribution in [0.3, 0.4) is 0 Å². The molecule has 0 aliphatic carbocycles. The van der Waals surface area contributed by atoms with Crippen LogP contribution >= 0.6 is 0 Å². The number of likely N-dealkylation sites (tertiary alicyclic amines) is 1. The topological polar surface area (TPSA) is 78.5 Å². The van der Waals surface area contributed by atoms with Gasteiger partial charge in [0.15, 0.2) is 0 Å². The Balaban J connectivity index is 2.00. The molecule has 0 saturated carbocycles. The van der Waals surface area contributed by atoms with Gasteiger partial charge in [-0.3, -0.25) is 9.89 Å². The number of alkyl halides is 2. The van der Waals surface area contributed by atoms with Crippen molar-refractivity contribution in [2.75, 3.05) is 26.2 Å². The highest BCUT2D eigenvalue weighted by molar-refractivity contribution is 5.92. The number of amides is 2. The van der Waals surface area contributed by atoms with Crippen molar-refractivity contribution in [2.24, 2.45) is 0 Å². The predicted molar refractivity (Wildman–Crippen MR) is 91.3 cm³/mol. The van der Waals surface area contributed by atoms with Gasteiger partial charge in [0.05, 0.1) is 6.54 Å². The van der Waals surface area contributed by atoms with E-state index in [1.807, 2.05) is 20.8 Å². The zero-order valence-corrected chi connectivity index (χ0v) is 15.6. The normalized spacial score (nSPS) is 17.7. The summed E-state index contributed by atoms with van der Waals surface area (Å²) in [4.78, 5) is 27.1. The maximum absolute atomic E-state index is 12.6. The van der Waals surface area contributed by atoms with Crippen molar-refractivity contribution in [1.82, 2.24) is 20.0 Å². The fourth-order valence-corrected chi connectivity index (χ4v) is 2.85. The first kappa shape index (κ1) is 20.1. The van der Waals surface area contributed by atoms with Crippen molar-refractivity contribution < 1.29 is 23.1 Å². The average molecular weight is 372 g/mol. The first-order valence-electron chi connectivity index (χ1n) is 8.71. The molecule has 26 heavy (non-hydrogen) atoms. The fourth-order valence-electron chi connectivity index (χ4n) is 2.85. The Morgan fingerprint density at radius 2 is 2.15 bits per heavy atom. The second-order valence-electron chi connectivity index (χ2n) is 7.36. The van der Waals surface area contributed by atoms with Crippen LogP contribution < -0.4 is 0 Å². The number of ether oxygens (including phenoxy) is 1. The average Bonchev–Trinajstić information content (AvgIpc) is 3.18. The van der Waals surface area contributed by atoms with Gasteiger partial charge in [-0.15, -0.1) is 0 Å². The number of aromatic amines is 1. The summed E-state index contributed by atoms with van der Waals surface area (Å²) in [7, 11) is 0. The van der Waals surface area contributed by atoms with Gasteiger partial charge in [0.1, 0.15) is 11.3 Å². The number of nitrogens with zero attached hydrogens (tertiary/aromatic N) is 3. The zero-order valence-electron chi connectivity index (χ0n) is 15.6. The Labute approximate surface area is 151 Å². The van der Waals surface area contributed by atoms with Gasteiger partial charge >= 0.3 is 6.09 Å². The van der Waals surface area contributed by atoms with Crippen molar-refractivity contribution in [3.8, 4) is 0 Å². The van der Waals surface area contributed by atoms with Crippen molar-refractivity contribution >= 4 is 12.0 Å². The highest BCUT2D eigenvalue weighted by Gasteiger charge is 2.32. The molecule has 1 saturated heterocycles. The quantitative estimate of drug-likeness (QED) is 0.862. The molecular formula is C17H26F2N4O3. The molecule has 0 aromatic carbocycles. The van der Waals surface area contributed by atoms with Crippen LogP contribution in [-0.4, -0.2) is 70.2 Å². The van der Waals surface area contributed by atoms with Crippen LogP contribution in [0, 0.1) is 0 Å². The first-order chi connectivity index (χ1) is 12.1. The van der Waals surface area contributed by atoms with E-state index in [1.54, 1.807) is 17.9 Å². The zero-order chi connectivity index (χ0) is 19.5.